The minimum Gasteiger partial charge on any atom is -0.233 e. The molecule has 1 aromatic carbocycles. The van der Waals surface area contributed by atoms with Crippen LogP contribution in [0, 0.1) is 13.8 Å². The standard InChI is InChI=1S/C17H23N2/c1-12-9-7-8-10-14(12)16-18-15(17(3,4)5)13(2)11-19(16)6/h7-11H,1-6H3/q+1/i2D3. The van der Waals surface area contributed by atoms with Gasteiger partial charge in [0.1, 0.15) is 0 Å². The van der Waals surface area contributed by atoms with Gasteiger partial charge in [-0.05, 0) is 30.4 Å². The number of benzene rings is 1. The molecule has 100 valence electrons. The first-order valence-corrected chi connectivity index (χ1v) is 6.49. The van der Waals surface area contributed by atoms with E-state index in [1.807, 2.05) is 59.0 Å². The van der Waals surface area contributed by atoms with Gasteiger partial charge in [0, 0.05) is 15.1 Å². The van der Waals surface area contributed by atoms with Gasteiger partial charge in [0.15, 0.2) is 5.69 Å². The molecule has 2 aromatic rings. The van der Waals surface area contributed by atoms with Gasteiger partial charge in [-0.1, -0.05) is 39.0 Å². The summed E-state index contributed by atoms with van der Waals surface area (Å²) in [6, 6.07) is 8.00. The Morgan fingerprint density at radius 1 is 1.16 bits per heavy atom. The molecule has 0 amide bonds. The van der Waals surface area contributed by atoms with Crippen molar-refractivity contribution < 1.29 is 8.68 Å². The first kappa shape index (κ1) is 10.1. The minimum absolute atomic E-state index is 0.319. The maximum absolute atomic E-state index is 7.79. The summed E-state index contributed by atoms with van der Waals surface area (Å²) in [6.07, 6.45) is 1.70. The van der Waals surface area contributed by atoms with Crippen LogP contribution in [0.4, 0.5) is 0 Å². The number of hydrogen-bond donors (Lipinski definition) is 0. The predicted molar refractivity (Wildman–Crippen MR) is 79.0 cm³/mol. The second kappa shape index (κ2) is 4.76. The molecule has 0 aliphatic heterocycles. The van der Waals surface area contributed by atoms with Crippen molar-refractivity contribution in [3.63, 3.8) is 0 Å². The fourth-order valence-electron chi connectivity index (χ4n) is 2.21. The Bertz CT molecular complexity index is 698. The summed E-state index contributed by atoms with van der Waals surface area (Å²) in [5.74, 6) is 0.788. The van der Waals surface area contributed by atoms with Gasteiger partial charge >= 0.3 is 5.82 Å². The molecule has 2 nitrogen and oxygen atoms in total. The van der Waals surface area contributed by atoms with Crippen LogP contribution in [0.1, 0.15) is 41.7 Å². The SMILES string of the molecule is [2H]C([2H])([2H])c1c[n+](C)c(-c2ccccc2C)nc1C(C)(C)C. The lowest BCUT2D eigenvalue weighted by atomic mass is 9.89. The van der Waals surface area contributed by atoms with Gasteiger partial charge in [-0.25, -0.2) is 4.57 Å². The zero-order valence-corrected chi connectivity index (χ0v) is 12.3. The van der Waals surface area contributed by atoms with Gasteiger partial charge < -0.3 is 0 Å². The van der Waals surface area contributed by atoms with Crippen LogP contribution < -0.4 is 4.57 Å². The highest BCUT2D eigenvalue weighted by Gasteiger charge is 2.27. The molecule has 0 aliphatic rings. The Hall–Kier alpha value is -1.70. The van der Waals surface area contributed by atoms with Gasteiger partial charge in [-0.3, -0.25) is 0 Å². The molecule has 0 aliphatic carbocycles. The molecule has 2 rings (SSSR count). The molecule has 0 radical (unpaired) electrons. The van der Waals surface area contributed by atoms with Crippen LogP contribution in [0.2, 0.25) is 0 Å². The normalized spacial score (nSPS) is 14.7. The molecule has 1 aromatic heterocycles. The van der Waals surface area contributed by atoms with Gasteiger partial charge in [-0.2, -0.15) is 0 Å². The molecule has 0 N–H and O–H groups in total. The monoisotopic (exact) mass is 258 g/mol. The van der Waals surface area contributed by atoms with Crippen molar-refractivity contribution >= 4 is 0 Å². The van der Waals surface area contributed by atoms with Crippen LogP contribution in [0.3, 0.4) is 0 Å². The van der Waals surface area contributed by atoms with Crippen molar-refractivity contribution in [1.29, 1.82) is 0 Å². The van der Waals surface area contributed by atoms with E-state index in [0.29, 0.717) is 11.3 Å². The third-order valence-electron chi connectivity index (χ3n) is 3.23. The van der Waals surface area contributed by atoms with E-state index in [1.54, 1.807) is 10.8 Å². The second-order valence-corrected chi connectivity index (χ2v) is 6.00. The highest BCUT2D eigenvalue weighted by atomic mass is 15.0. The maximum atomic E-state index is 7.79. The van der Waals surface area contributed by atoms with Gasteiger partial charge in [0.25, 0.3) is 0 Å². The summed E-state index contributed by atoms with van der Waals surface area (Å²) in [6.45, 7) is 5.84. The lowest BCUT2D eigenvalue weighted by molar-refractivity contribution is -0.663. The van der Waals surface area contributed by atoms with E-state index in [9.17, 15) is 0 Å². The summed E-state index contributed by atoms with van der Waals surface area (Å²) in [5.41, 5.74) is 2.75. The van der Waals surface area contributed by atoms with E-state index < -0.39 is 6.85 Å². The summed E-state index contributed by atoms with van der Waals surface area (Å²) >= 11 is 0. The molecule has 0 fully saturated rings. The quantitative estimate of drug-likeness (QED) is 0.716. The highest BCUT2D eigenvalue weighted by Crippen LogP contribution is 2.25. The summed E-state index contributed by atoms with van der Waals surface area (Å²) in [4.78, 5) is 4.74. The van der Waals surface area contributed by atoms with E-state index >= 15 is 0 Å². The second-order valence-electron chi connectivity index (χ2n) is 6.00. The Balaban J connectivity index is 2.77. The Labute approximate surface area is 120 Å². The van der Waals surface area contributed by atoms with Crippen LogP contribution in [-0.2, 0) is 12.5 Å². The zero-order chi connectivity index (χ0) is 16.7. The average Bonchev–Trinajstić information content (AvgIpc) is 2.37. The first-order valence-electron chi connectivity index (χ1n) is 7.99. The smallest absolute Gasteiger partial charge is 0.233 e. The van der Waals surface area contributed by atoms with E-state index in [-0.39, 0.29) is 5.41 Å². The van der Waals surface area contributed by atoms with Crippen molar-refractivity contribution in [3.05, 3.63) is 47.3 Å². The Morgan fingerprint density at radius 2 is 1.84 bits per heavy atom. The lowest BCUT2D eigenvalue weighted by Crippen LogP contribution is -2.35. The van der Waals surface area contributed by atoms with Crippen molar-refractivity contribution in [3.8, 4) is 11.4 Å². The third-order valence-corrected chi connectivity index (χ3v) is 3.23. The number of nitrogens with zero attached hydrogens (tertiary/aromatic N) is 2. The highest BCUT2D eigenvalue weighted by molar-refractivity contribution is 5.57. The van der Waals surface area contributed by atoms with E-state index in [4.69, 9.17) is 9.10 Å². The number of hydrogen-bond acceptors (Lipinski definition) is 1. The summed E-state index contributed by atoms with van der Waals surface area (Å²) in [5, 5.41) is 0. The van der Waals surface area contributed by atoms with E-state index in [2.05, 4.69) is 0 Å². The fraction of sp³-hybridized carbons (Fsp3) is 0.412. The maximum Gasteiger partial charge on any atom is 0.330 e. The fourth-order valence-corrected chi connectivity index (χ4v) is 2.21. The van der Waals surface area contributed by atoms with Crippen LogP contribution in [0.15, 0.2) is 30.5 Å². The topological polar surface area (TPSA) is 16.8 Å². The molecule has 0 bridgehead atoms. The Kier molecular flexibility index (Phi) is 2.54. The van der Waals surface area contributed by atoms with Crippen molar-refractivity contribution in [2.24, 2.45) is 7.05 Å². The van der Waals surface area contributed by atoms with Crippen molar-refractivity contribution in [2.45, 2.75) is 40.0 Å². The predicted octanol–water partition coefficient (Wildman–Crippen LogP) is 3.49. The number of aromatic nitrogens is 2. The molecule has 19 heavy (non-hydrogen) atoms. The van der Waals surface area contributed by atoms with Crippen LogP contribution >= 0.6 is 0 Å². The van der Waals surface area contributed by atoms with Crippen LogP contribution in [0.25, 0.3) is 11.4 Å². The zero-order valence-electron chi connectivity index (χ0n) is 15.3. The lowest BCUT2D eigenvalue weighted by Gasteiger charge is -2.16. The number of rotatable bonds is 1. The van der Waals surface area contributed by atoms with Crippen LogP contribution in [0.5, 0.6) is 0 Å². The molecule has 1 heterocycles. The minimum atomic E-state index is -2.17. The average molecular weight is 258 g/mol. The van der Waals surface area contributed by atoms with Crippen LogP contribution in [-0.4, -0.2) is 4.98 Å². The number of aryl methyl sites for hydroxylation is 3. The van der Waals surface area contributed by atoms with Gasteiger partial charge in [0.05, 0.1) is 18.8 Å². The molecular weight excluding hydrogens is 232 g/mol. The molecule has 0 atom stereocenters. The third kappa shape index (κ3) is 2.67. The van der Waals surface area contributed by atoms with Gasteiger partial charge in [-0.15, -0.1) is 0 Å². The van der Waals surface area contributed by atoms with Crippen molar-refractivity contribution in [2.75, 3.05) is 0 Å². The largest absolute Gasteiger partial charge is 0.330 e. The molecular formula is C17H23N2+. The molecule has 2 heteroatoms. The van der Waals surface area contributed by atoms with Crippen molar-refractivity contribution in [1.82, 2.24) is 4.98 Å². The first-order chi connectivity index (χ1) is 10.0. The van der Waals surface area contributed by atoms with Gasteiger partial charge in [0.2, 0.25) is 0 Å². The molecule has 0 spiro atoms. The molecule has 0 saturated heterocycles. The summed E-state index contributed by atoms with van der Waals surface area (Å²) < 4.78 is 25.2. The van der Waals surface area contributed by atoms with E-state index in [1.165, 1.54) is 0 Å². The van der Waals surface area contributed by atoms with E-state index in [0.717, 1.165) is 17.0 Å². The summed E-state index contributed by atoms with van der Waals surface area (Å²) in [7, 11) is 1.84. The Morgan fingerprint density at radius 3 is 2.42 bits per heavy atom. The molecule has 0 unspecified atom stereocenters. The molecule has 0 saturated carbocycles.